The van der Waals surface area contributed by atoms with Gasteiger partial charge in [0.2, 0.25) is 0 Å². The number of aliphatic imine (C=N–C) groups is 1. The van der Waals surface area contributed by atoms with Crippen molar-refractivity contribution in [1.29, 1.82) is 0 Å². The highest BCUT2D eigenvalue weighted by atomic mass is 127. The molecular formula is C19H28BrIN4O2. The van der Waals surface area contributed by atoms with Gasteiger partial charge in [-0.1, -0.05) is 6.07 Å². The van der Waals surface area contributed by atoms with E-state index >= 15 is 0 Å². The Hall–Kier alpha value is -1.42. The zero-order chi connectivity index (χ0) is 19.1. The second kappa shape index (κ2) is 11.4. The van der Waals surface area contributed by atoms with Crippen LogP contribution in [0.1, 0.15) is 11.3 Å². The quantitative estimate of drug-likeness (QED) is 0.325. The Morgan fingerprint density at radius 3 is 2.48 bits per heavy atom. The Labute approximate surface area is 187 Å². The number of guanidine groups is 1. The molecule has 27 heavy (non-hydrogen) atoms. The van der Waals surface area contributed by atoms with E-state index in [1.165, 1.54) is 11.3 Å². The molecule has 0 radical (unpaired) electrons. The molecule has 0 saturated carbocycles. The van der Waals surface area contributed by atoms with Gasteiger partial charge in [-0.25, -0.2) is 0 Å². The molecule has 6 nitrogen and oxygen atoms in total. The van der Waals surface area contributed by atoms with Crippen molar-refractivity contribution in [2.45, 2.75) is 13.0 Å². The van der Waals surface area contributed by atoms with Gasteiger partial charge in [-0.3, -0.25) is 4.99 Å². The van der Waals surface area contributed by atoms with Crippen molar-refractivity contribution in [3.05, 3.63) is 46.2 Å². The third kappa shape index (κ3) is 6.60. The molecule has 1 heterocycles. The van der Waals surface area contributed by atoms with Crippen LogP contribution in [0.2, 0.25) is 0 Å². The second-order valence-corrected chi connectivity index (χ2v) is 6.95. The first kappa shape index (κ1) is 23.6. The number of hydrogen-bond acceptors (Lipinski definition) is 3. The molecule has 0 unspecified atom stereocenters. The average Bonchev–Trinajstić information content (AvgIpc) is 2.95. The van der Waals surface area contributed by atoms with E-state index in [0.29, 0.717) is 0 Å². The van der Waals surface area contributed by atoms with Gasteiger partial charge in [0, 0.05) is 44.1 Å². The van der Waals surface area contributed by atoms with E-state index in [1.54, 1.807) is 21.3 Å². The lowest BCUT2D eigenvalue weighted by Gasteiger charge is -2.22. The van der Waals surface area contributed by atoms with E-state index in [1.807, 2.05) is 26.2 Å². The maximum Gasteiger partial charge on any atom is 0.193 e. The third-order valence-corrected chi connectivity index (χ3v) is 4.63. The van der Waals surface area contributed by atoms with Gasteiger partial charge in [-0.05, 0) is 46.1 Å². The van der Waals surface area contributed by atoms with E-state index in [4.69, 9.17) is 9.47 Å². The molecule has 0 aliphatic rings. The number of methoxy groups -OCH3 is 2. The van der Waals surface area contributed by atoms with Crippen LogP contribution in [0.4, 0.5) is 0 Å². The molecule has 0 bridgehead atoms. The maximum atomic E-state index is 5.36. The van der Waals surface area contributed by atoms with Gasteiger partial charge in [0.1, 0.15) is 0 Å². The Morgan fingerprint density at radius 1 is 1.22 bits per heavy atom. The highest BCUT2D eigenvalue weighted by molar-refractivity contribution is 14.0. The number of benzene rings is 1. The highest BCUT2D eigenvalue weighted by Gasteiger charge is 2.10. The van der Waals surface area contributed by atoms with E-state index in [9.17, 15) is 0 Å². The summed E-state index contributed by atoms with van der Waals surface area (Å²) in [5.74, 6) is 2.36. The van der Waals surface area contributed by atoms with E-state index in [0.717, 1.165) is 41.4 Å². The van der Waals surface area contributed by atoms with Crippen LogP contribution in [0.15, 0.2) is 39.9 Å². The molecule has 2 aromatic rings. The summed E-state index contributed by atoms with van der Waals surface area (Å²) in [5.41, 5.74) is 2.39. The highest BCUT2D eigenvalue weighted by Crippen LogP contribution is 2.27. The lowest BCUT2D eigenvalue weighted by Crippen LogP contribution is -2.39. The molecular weight excluding hydrogens is 523 g/mol. The number of ether oxygens (including phenoxy) is 2. The van der Waals surface area contributed by atoms with Gasteiger partial charge in [0.05, 0.1) is 20.8 Å². The summed E-state index contributed by atoms with van der Waals surface area (Å²) in [7, 11) is 9.17. The Balaban J connectivity index is 0.00000364. The first-order valence-corrected chi connectivity index (χ1v) is 9.21. The number of rotatable bonds is 7. The van der Waals surface area contributed by atoms with E-state index in [2.05, 4.69) is 54.0 Å². The molecule has 0 spiro atoms. The van der Waals surface area contributed by atoms with Crippen molar-refractivity contribution in [3.63, 3.8) is 0 Å². The van der Waals surface area contributed by atoms with Crippen molar-refractivity contribution in [2.75, 3.05) is 34.9 Å². The molecule has 0 amide bonds. The number of nitrogens with one attached hydrogen (secondary N) is 1. The predicted octanol–water partition coefficient (Wildman–Crippen LogP) is 3.67. The summed E-state index contributed by atoms with van der Waals surface area (Å²) in [6.07, 6.45) is 2.92. The van der Waals surface area contributed by atoms with Gasteiger partial charge in [-0.2, -0.15) is 0 Å². The van der Waals surface area contributed by atoms with Crippen molar-refractivity contribution < 1.29 is 9.47 Å². The fourth-order valence-electron chi connectivity index (χ4n) is 2.78. The molecule has 0 aliphatic heterocycles. The standard InChI is InChI=1S/C19H27BrN4O2.HI/c1-21-19(24(3)13-16-11-15(20)12-23(16)2)22-9-8-14-6-7-17(25-4)18(10-14)26-5;/h6-7,10-12H,8-9,13H2,1-5H3,(H,21,22);1H. The second-order valence-electron chi connectivity index (χ2n) is 6.03. The van der Waals surface area contributed by atoms with Crippen LogP contribution in [-0.4, -0.2) is 50.3 Å². The van der Waals surface area contributed by atoms with Crippen molar-refractivity contribution in [2.24, 2.45) is 12.0 Å². The van der Waals surface area contributed by atoms with Gasteiger partial charge in [0.25, 0.3) is 0 Å². The molecule has 1 aromatic carbocycles. The zero-order valence-electron chi connectivity index (χ0n) is 16.5. The topological polar surface area (TPSA) is 51.0 Å². The van der Waals surface area contributed by atoms with Crippen LogP contribution in [0.3, 0.4) is 0 Å². The molecule has 0 aliphatic carbocycles. The van der Waals surface area contributed by atoms with Crippen LogP contribution in [0, 0.1) is 0 Å². The summed E-state index contributed by atoms with van der Waals surface area (Å²) >= 11 is 3.51. The Kier molecular flexibility index (Phi) is 10.00. The number of nitrogens with zero attached hydrogens (tertiary/aromatic N) is 3. The van der Waals surface area contributed by atoms with Gasteiger partial charge in [0.15, 0.2) is 17.5 Å². The fraction of sp³-hybridized carbons (Fsp3) is 0.421. The van der Waals surface area contributed by atoms with Crippen molar-refractivity contribution >= 4 is 45.9 Å². The van der Waals surface area contributed by atoms with Crippen LogP contribution >= 0.6 is 39.9 Å². The van der Waals surface area contributed by atoms with Crippen molar-refractivity contribution in [1.82, 2.24) is 14.8 Å². The summed E-state index contributed by atoms with van der Waals surface area (Å²) < 4.78 is 13.8. The van der Waals surface area contributed by atoms with E-state index < -0.39 is 0 Å². The van der Waals surface area contributed by atoms with Crippen LogP contribution in [-0.2, 0) is 20.0 Å². The lowest BCUT2D eigenvalue weighted by atomic mass is 10.1. The number of hydrogen-bond donors (Lipinski definition) is 1. The number of aromatic nitrogens is 1. The largest absolute Gasteiger partial charge is 0.493 e. The average molecular weight is 551 g/mol. The minimum atomic E-state index is 0. The predicted molar refractivity (Wildman–Crippen MR) is 125 cm³/mol. The summed E-state index contributed by atoms with van der Waals surface area (Å²) in [6.45, 7) is 1.56. The van der Waals surface area contributed by atoms with Crippen LogP contribution < -0.4 is 14.8 Å². The molecule has 150 valence electrons. The van der Waals surface area contributed by atoms with E-state index in [-0.39, 0.29) is 24.0 Å². The first-order valence-electron chi connectivity index (χ1n) is 8.42. The maximum absolute atomic E-state index is 5.36. The fourth-order valence-corrected chi connectivity index (χ4v) is 3.35. The lowest BCUT2D eigenvalue weighted by molar-refractivity contribution is 0.354. The number of aryl methyl sites for hydroxylation is 1. The molecule has 0 saturated heterocycles. The normalized spacial score (nSPS) is 11.0. The third-order valence-electron chi connectivity index (χ3n) is 4.19. The monoisotopic (exact) mass is 550 g/mol. The first-order chi connectivity index (χ1) is 12.5. The zero-order valence-corrected chi connectivity index (χ0v) is 20.4. The van der Waals surface area contributed by atoms with Gasteiger partial charge < -0.3 is 24.3 Å². The SMILES string of the molecule is CN=C(NCCc1ccc(OC)c(OC)c1)N(C)Cc1cc(Br)cn1C.I. The Bertz CT molecular complexity index is 764. The Morgan fingerprint density at radius 2 is 1.93 bits per heavy atom. The summed E-state index contributed by atoms with van der Waals surface area (Å²) in [6, 6.07) is 8.11. The molecule has 1 aromatic heterocycles. The van der Waals surface area contributed by atoms with Gasteiger partial charge in [-0.15, -0.1) is 24.0 Å². The minimum absolute atomic E-state index is 0. The molecule has 1 N–H and O–H groups in total. The molecule has 8 heteroatoms. The van der Waals surface area contributed by atoms with Crippen LogP contribution in [0.5, 0.6) is 11.5 Å². The summed E-state index contributed by atoms with van der Waals surface area (Å²) in [5, 5.41) is 3.41. The van der Waals surface area contributed by atoms with Gasteiger partial charge >= 0.3 is 0 Å². The summed E-state index contributed by atoms with van der Waals surface area (Å²) in [4.78, 5) is 6.49. The smallest absolute Gasteiger partial charge is 0.193 e. The molecule has 2 rings (SSSR count). The minimum Gasteiger partial charge on any atom is -0.493 e. The number of halogens is 2. The van der Waals surface area contributed by atoms with Crippen molar-refractivity contribution in [3.8, 4) is 11.5 Å². The van der Waals surface area contributed by atoms with Crippen LogP contribution in [0.25, 0.3) is 0 Å². The molecule has 0 fully saturated rings. The molecule has 0 atom stereocenters.